The van der Waals surface area contributed by atoms with E-state index in [1.165, 1.54) is 88.4 Å². The molecule has 322 valence electrons. The van der Waals surface area contributed by atoms with E-state index >= 15 is 0 Å². The zero-order chi connectivity index (χ0) is 45.9. The summed E-state index contributed by atoms with van der Waals surface area (Å²) in [6.07, 6.45) is 9.42. The Hall–Kier alpha value is -3.71. The molecule has 2 heterocycles. The maximum atomic E-state index is 7.04. The van der Waals surface area contributed by atoms with Gasteiger partial charge in [0.25, 0.3) is 0 Å². The fourth-order valence-corrected chi connectivity index (χ4v) is 10.3. The molecule has 0 unspecified atom stereocenters. The van der Waals surface area contributed by atoms with Crippen LogP contribution in [0.3, 0.4) is 0 Å². The van der Waals surface area contributed by atoms with Crippen LogP contribution in [0.2, 0.25) is 10.0 Å². The Morgan fingerprint density at radius 2 is 0.565 bits per heavy atom. The quantitative estimate of drug-likeness (QED) is 0.152. The topological polar surface area (TPSA) is 0 Å². The van der Waals surface area contributed by atoms with Gasteiger partial charge in [-0.05, 0) is 112 Å². The summed E-state index contributed by atoms with van der Waals surface area (Å²) >= 11 is 14.1. The van der Waals surface area contributed by atoms with E-state index in [0.29, 0.717) is 0 Å². The van der Waals surface area contributed by atoms with Gasteiger partial charge >= 0.3 is 0 Å². The summed E-state index contributed by atoms with van der Waals surface area (Å²) in [4.78, 5) is 0. The van der Waals surface area contributed by atoms with Gasteiger partial charge in [-0.1, -0.05) is 253 Å². The van der Waals surface area contributed by atoms with Crippen LogP contribution in [0, 0.1) is 0 Å². The zero-order valence-electron chi connectivity index (χ0n) is 41.1. The third-order valence-electron chi connectivity index (χ3n) is 13.4. The van der Waals surface area contributed by atoms with Gasteiger partial charge in [-0.2, -0.15) is 0 Å². The number of rotatable bonds is 2. The molecule has 0 aliphatic carbocycles. The summed E-state index contributed by atoms with van der Waals surface area (Å²) in [7, 11) is 0. The van der Waals surface area contributed by atoms with E-state index in [9.17, 15) is 0 Å². The lowest BCUT2D eigenvalue weighted by molar-refractivity contribution is 0.552. The predicted octanol–water partition coefficient (Wildman–Crippen LogP) is 12.8. The normalized spacial score (nSPS) is 14.6. The number of halogens is 2. The van der Waals surface area contributed by atoms with Crippen molar-refractivity contribution in [3.8, 4) is 0 Å². The molecule has 0 amide bonds. The summed E-state index contributed by atoms with van der Waals surface area (Å²) < 4.78 is 0. The Bertz CT molecular complexity index is 2390. The van der Waals surface area contributed by atoms with Crippen LogP contribution in [0.5, 0.6) is 0 Å². The Balaban J connectivity index is 1.66. The first-order chi connectivity index (χ1) is 28.4. The molecule has 0 radical (unpaired) electrons. The van der Waals surface area contributed by atoms with Crippen LogP contribution in [-0.2, 0) is 32.5 Å². The summed E-state index contributed by atoms with van der Waals surface area (Å²) in [6, 6.07) is 28.2. The molecule has 0 aromatic heterocycles. The molecule has 0 N–H and O–H groups in total. The van der Waals surface area contributed by atoms with E-state index in [2.05, 4.69) is 210 Å². The van der Waals surface area contributed by atoms with Crippen molar-refractivity contribution >= 4 is 93.7 Å². The van der Waals surface area contributed by atoms with Gasteiger partial charge < -0.3 is 0 Å². The Labute approximate surface area is 387 Å². The van der Waals surface area contributed by atoms with Crippen molar-refractivity contribution in [1.29, 1.82) is 0 Å². The highest BCUT2D eigenvalue weighted by atomic mass is 35.5. The van der Waals surface area contributed by atoms with E-state index < -0.39 is 0 Å². The fourth-order valence-electron chi connectivity index (χ4n) is 9.94. The molecule has 5 aromatic carbocycles. The number of hydrogen-bond donors (Lipinski definition) is 0. The molecule has 0 nitrogen and oxygen atoms in total. The third-order valence-corrected chi connectivity index (χ3v) is 13.9. The molecule has 0 atom stereocenters. The third kappa shape index (κ3) is 8.74. The van der Waals surface area contributed by atoms with Gasteiger partial charge in [0.05, 0.1) is 0 Å². The van der Waals surface area contributed by atoms with Gasteiger partial charge in [-0.25, -0.2) is 0 Å². The maximum Gasteiger partial charge on any atom is 0.243 e. The monoisotopic (exact) mass is 859 g/mol. The van der Waals surface area contributed by atoms with Crippen molar-refractivity contribution in [3.63, 3.8) is 0 Å². The Kier molecular flexibility index (Phi) is 11.6. The largest absolute Gasteiger partial charge is 0.243 e. The van der Waals surface area contributed by atoms with Crippen molar-refractivity contribution in [2.45, 2.75) is 157 Å². The minimum atomic E-state index is -0.126. The van der Waals surface area contributed by atoms with Crippen LogP contribution in [0.25, 0.3) is 24.3 Å². The first kappa shape index (κ1) is 46.3. The van der Waals surface area contributed by atoms with E-state index in [1.807, 2.05) is 12.1 Å². The lowest BCUT2D eigenvalue weighted by Gasteiger charge is -2.37. The van der Waals surface area contributed by atoms with Gasteiger partial charge in [-0.3, -0.25) is 0 Å². The van der Waals surface area contributed by atoms with Crippen LogP contribution in [0.4, 0.5) is 0 Å². The summed E-state index contributed by atoms with van der Waals surface area (Å²) in [5.74, 6) is 0. The predicted molar refractivity (Wildman–Crippen MR) is 282 cm³/mol. The minimum Gasteiger partial charge on any atom is -0.0844 e. The Morgan fingerprint density at radius 3 is 0.823 bits per heavy atom. The van der Waals surface area contributed by atoms with E-state index in [1.54, 1.807) is 0 Å². The average Bonchev–Trinajstić information content (AvgIpc) is 3.37. The zero-order valence-corrected chi connectivity index (χ0v) is 42.7. The number of fused-ring (bicyclic) bond motifs is 4. The molecule has 62 heavy (non-hydrogen) atoms. The van der Waals surface area contributed by atoms with Crippen LogP contribution in [0.1, 0.15) is 180 Å². The first-order valence-corrected chi connectivity index (χ1v) is 23.6. The molecule has 0 spiro atoms. The second kappa shape index (κ2) is 15.5. The van der Waals surface area contributed by atoms with Crippen molar-refractivity contribution in [3.05, 3.63) is 138 Å². The highest BCUT2D eigenvalue weighted by Gasteiger charge is 2.41. The summed E-state index contributed by atoms with van der Waals surface area (Å²) in [5, 5.41) is 1.52. The lowest BCUT2D eigenvalue weighted by Crippen LogP contribution is -2.60. The van der Waals surface area contributed by atoms with Gasteiger partial charge in [0.2, 0.25) is 13.4 Å². The van der Waals surface area contributed by atoms with E-state index in [-0.39, 0.29) is 45.9 Å². The second-order valence-corrected chi connectivity index (χ2v) is 25.5. The van der Waals surface area contributed by atoms with Gasteiger partial charge in [0, 0.05) is 10.0 Å². The molecule has 0 saturated carbocycles. The van der Waals surface area contributed by atoms with E-state index in [4.69, 9.17) is 23.2 Å². The second-order valence-electron chi connectivity index (χ2n) is 24.7. The van der Waals surface area contributed by atoms with Crippen LogP contribution in [-0.4, -0.2) is 13.4 Å². The Morgan fingerprint density at radius 1 is 0.306 bits per heavy atom. The standard InChI is InChI=1S/C58H70B2Cl2/c1-53(2,3)39-29-43(55(7,8)9)51(44(30-39)56(10,11)12)59-47-27-38-22-20-36-24-26-42(62)34-50(36)60(48(38)28-37(47)21-19-35-23-25-41(61)33-49(35)59)52-45(57(13,14)15)31-40(54(4,5)6)32-46(52)58(16,17)18/h19-34H,1-18H3. The fraction of sp³-hybridized carbons (Fsp3) is 0.414. The minimum absolute atomic E-state index is 0.0133. The molecule has 0 saturated heterocycles. The first-order valence-electron chi connectivity index (χ1n) is 22.9. The molecule has 2 aliphatic heterocycles. The molecule has 0 bridgehead atoms. The molecule has 0 fully saturated rings. The van der Waals surface area contributed by atoms with Crippen molar-refractivity contribution in [2.24, 2.45) is 0 Å². The van der Waals surface area contributed by atoms with Crippen LogP contribution >= 0.6 is 23.2 Å². The highest BCUT2D eigenvalue weighted by Crippen LogP contribution is 2.37. The van der Waals surface area contributed by atoms with Gasteiger partial charge in [0.15, 0.2) is 0 Å². The molecule has 5 aromatic rings. The van der Waals surface area contributed by atoms with Crippen LogP contribution in [0.15, 0.2) is 72.8 Å². The smallest absolute Gasteiger partial charge is 0.0844 e. The summed E-state index contributed by atoms with van der Waals surface area (Å²) in [5.41, 5.74) is 20.6. The summed E-state index contributed by atoms with van der Waals surface area (Å²) in [6.45, 7) is 42.6. The maximum absolute atomic E-state index is 7.04. The SMILES string of the molecule is CC(C)(C)c1cc(C(C)(C)C)c(B2c3cc(Cl)ccc3C=Cc3cc4c(cc32)C=Cc2ccc(Cl)cc2B4c2c(C(C)(C)C)cc(C(C)(C)C)cc2C(C)(C)C)c(C(C)(C)C)c1. The van der Waals surface area contributed by atoms with Crippen molar-refractivity contribution < 1.29 is 0 Å². The van der Waals surface area contributed by atoms with Crippen molar-refractivity contribution in [1.82, 2.24) is 0 Å². The lowest BCUT2D eigenvalue weighted by atomic mass is 9.31. The molecular weight excluding hydrogens is 789 g/mol. The highest BCUT2D eigenvalue weighted by molar-refractivity contribution is 6.99. The molecule has 7 rings (SSSR count). The van der Waals surface area contributed by atoms with Crippen molar-refractivity contribution in [2.75, 3.05) is 0 Å². The molecule has 4 heteroatoms. The number of benzene rings is 5. The molecular formula is C58H70B2Cl2. The van der Waals surface area contributed by atoms with Gasteiger partial charge in [0.1, 0.15) is 0 Å². The van der Waals surface area contributed by atoms with Gasteiger partial charge in [-0.15, -0.1) is 0 Å². The van der Waals surface area contributed by atoms with Crippen LogP contribution < -0.4 is 32.8 Å². The average molecular weight is 860 g/mol. The number of hydrogen-bond acceptors (Lipinski definition) is 0. The van der Waals surface area contributed by atoms with E-state index in [0.717, 1.165) is 10.0 Å². The molecule has 2 aliphatic rings.